The van der Waals surface area contributed by atoms with E-state index in [1.54, 1.807) is 0 Å². The number of benzene rings is 1. The van der Waals surface area contributed by atoms with Crippen LogP contribution >= 0.6 is 0 Å². The molecule has 1 aromatic rings. The van der Waals surface area contributed by atoms with E-state index >= 15 is 0 Å². The minimum absolute atomic E-state index is 0.0941. The van der Waals surface area contributed by atoms with Gasteiger partial charge in [-0.05, 0) is 24.3 Å². The van der Waals surface area contributed by atoms with Gasteiger partial charge in [0.05, 0.1) is 6.61 Å². The second kappa shape index (κ2) is 9.23. The van der Waals surface area contributed by atoms with Crippen molar-refractivity contribution in [1.82, 2.24) is 0 Å². The maximum absolute atomic E-state index is 11.5. The van der Waals surface area contributed by atoms with Crippen LogP contribution in [0.4, 0.5) is 0 Å². The molecule has 0 aliphatic heterocycles. The molecule has 0 aromatic heterocycles. The largest absolute Gasteiger partial charge is 0.457 e. The second-order valence-electron chi connectivity index (χ2n) is 5.84. The molecule has 22 heavy (non-hydrogen) atoms. The molecule has 1 aromatic carbocycles. The van der Waals surface area contributed by atoms with E-state index in [4.69, 9.17) is 9.47 Å². The van der Waals surface area contributed by atoms with Gasteiger partial charge in [-0.15, -0.1) is 0 Å². The molecule has 0 atom stereocenters. The van der Waals surface area contributed by atoms with Crippen molar-refractivity contribution in [3.05, 3.63) is 35.9 Å². The molecule has 0 bridgehead atoms. The van der Waals surface area contributed by atoms with Crippen LogP contribution in [-0.2, 0) is 25.7 Å². The van der Waals surface area contributed by atoms with Gasteiger partial charge >= 0.3 is 11.9 Å². The highest BCUT2D eigenvalue weighted by Crippen LogP contribution is 2.27. The Labute approximate surface area is 131 Å². The Morgan fingerprint density at radius 3 is 2.36 bits per heavy atom. The molecule has 1 aliphatic rings. The third-order valence-electron chi connectivity index (χ3n) is 4.09. The highest BCUT2D eigenvalue weighted by molar-refractivity contribution is 6.29. The van der Waals surface area contributed by atoms with Gasteiger partial charge in [0.2, 0.25) is 0 Å². The SMILES string of the molecule is O=C(OCCCC1CCCCC1)C(=O)OCc1ccccc1. The molecule has 0 amide bonds. The minimum Gasteiger partial charge on any atom is -0.457 e. The van der Waals surface area contributed by atoms with E-state index < -0.39 is 11.9 Å². The van der Waals surface area contributed by atoms with Crippen LogP contribution in [0.5, 0.6) is 0 Å². The maximum Gasteiger partial charge on any atom is 0.417 e. The lowest BCUT2D eigenvalue weighted by atomic mass is 9.86. The zero-order valence-electron chi connectivity index (χ0n) is 13.0. The first-order chi connectivity index (χ1) is 10.8. The van der Waals surface area contributed by atoms with Crippen LogP contribution in [0.1, 0.15) is 50.5 Å². The van der Waals surface area contributed by atoms with E-state index in [9.17, 15) is 9.59 Å². The standard InChI is InChI=1S/C18H24O4/c19-17(18(20)22-14-16-10-5-2-6-11-16)21-13-7-12-15-8-3-1-4-9-15/h2,5-6,10-11,15H,1,3-4,7-9,12-14H2. The molecule has 120 valence electrons. The summed E-state index contributed by atoms with van der Waals surface area (Å²) in [7, 11) is 0. The Kier molecular flexibility index (Phi) is 6.94. The lowest BCUT2D eigenvalue weighted by Gasteiger charge is -2.21. The Morgan fingerprint density at radius 1 is 0.955 bits per heavy atom. The second-order valence-corrected chi connectivity index (χ2v) is 5.84. The van der Waals surface area contributed by atoms with Crippen LogP contribution in [0, 0.1) is 5.92 Å². The Hall–Kier alpha value is -1.84. The lowest BCUT2D eigenvalue weighted by Crippen LogP contribution is -2.21. The smallest absolute Gasteiger partial charge is 0.417 e. The number of rotatable bonds is 6. The van der Waals surface area contributed by atoms with Crippen LogP contribution < -0.4 is 0 Å². The summed E-state index contributed by atoms with van der Waals surface area (Å²) in [5.41, 5.74) is 0.848. The summed E-state index contributed by atoms with van der Waals surface area (Å²) in [6, 6.07) is 9.26. The monoisotopic (exact) mass is 304 g/mol. The Balaban J connectivity index is 1.57. The molecule has 4 heteroatoms. The van der Waals surface area contributed by atoms with Crippen molar-refractivity contribution in [2.45, 2.75) is 51.6 Å². The van der Waals surface area contributed by atoms with Gasteiger partial charge in [-0.2, -0.15) is 0 Å². The molecular formula is C18H24O4. The molecule has 1 aliphatic carbocycles. The molecule has 0 spiro atoms. The molecule has 0 heterocycles. The first-order valence-corrected chi connectivity index (χ1v) is 8.13. The fraction of sp³-hybridized carbons (Fsp3) is 0.556. The fourth-order valence-electron chi connectivity index (χ4n) is 2.85. The molecule has 0 N–H and O–H groups in total. The van der Waals surface area contributed by atoms with Crippen molar-refractivity contribution >= 4 is 11.9 Å². The summed E-state index contributed by atoms with van der Waals surface area (Å²) < 4.78 is 9.89. The van der Waals surface area contributed by atoms with Gasteiger partial charge in [-0.25, -0.2) is 9.59 Å². The topological polar surface area (TPSA) is 52.6 Å². The van der Waals surface area contributed by atoms with E-state index in [-0.39, 0.29) is 6.61 Å². The Morgan fingerprint density at radius 2 is 1.64 bits per heavy atom. The number of hydrogen-bond donors (Lipinski definition) is 0. The molecule has 2 rings (SSSR count). The van der Waals surface area contributed by atoms with Crippen LogP contribution in [0.15, 0.2) is 30.3 Å². The van der Waals surface area contributed by atoms with E-state index in [0.29, 0.717) is 6.61 Å². The quantitative estimate of drug-likeness (QED) is 0.457. The summed E-state index contributed by atoms with van der Waals surface area (Å²) in [6.07, 6.45) is 8.44. The number of ether oxygens (including phenoxy) is 2. The lowest BCUT2D eigenvalue weighted by molar-refractivity contribution is -0.168. The zero-order valence-corrected chi connectivity index (χ0v) is 13.0. The normalized spacial score (nSPS) is 15.3. The Bertz CT molecular complexity index is 463. The third kappa shape index (κ3) is 5.88. The maximum atomic E-state index is 11.5. The molecular weight excluding hydrogens is 280 g/mol. The fourth-order valence-corrected chi connectivity index (χ4v) is 2.85. The van der Waals surface area contributed by atoms with Crippen molar-refractivity contribution in [3.8, 4) is 0 Å². The van der Waals surface area contributed by atoms with Crippen molar-refractivity contribution in [1.29, 1.82) is 0 Å². The van der Waals surface area contributed by atoms with Crippen molar-refractivity contribution in [2.24, 2.45) is 5.92 Å². The highest BCUT2D eigenvalue weighted by Gasteiger charge is 2.18. The van der Waals surface area contributed by atoms with Crippen LogP contribution in [-0.4, -0.2) is 18.5 Å². The predicted molar refractivity (Wildman–Crippen MR) is 83.0 cm³/mol. The highest BCUT2D eigenvalue weighted by atomic mass is 16.6. The summed E-state index contributed by atoms with van der Waals surface area (Å²) in [5.74, 6) is -1.04. The van der Waals surface area contributed by atoms with Crippen molar-refractivity contribution in [2.75, 3.05) is 6.61 Å². The van der Waals surface area contributed by atoms with Gasteiger partial charge in [-0.3, -0.25) is 0 Å². The number of esters is 2. The van der Waals surface area contributed by atoms with Gasteiger partial charge in [0.1, 0.15) is 6.61 Å². The minimum atomic E-state index is -0.915. The van der Waals surface area contributed by atoms with E-state index in [0.717, 1.165) is 24.3 Å². The number of carbonyl (C=O) groups is 2. The number of hydrogen-bond acceptors (Lipinski definition) is 4. The average Bonchev–Trinajstić information content (AvgIpc) is 2.58. The van der Waals surface area contributed by atoms with E-state index in [2.05, 4.69) is 0 Å². The third-order valence-corrected chi connectivity index (χ3v) is 4.09. The van der Waals surface area contributed by atoms with E-state index in [1.165, 1.54) is 32.1 Å². The molecule has 0 unspecified atom stereocenters. The molecule has 4 nitrogen and oxygen atoms in total. The summed E-state index contributed by atoms with van der Waals surface area (Å²) in [5, 5.41) is 0. The molecule has 0 radical (unpaired) electrons. The number of carbonyl (C=O) groups excluding carboxylic acids is 2. The zero-order chi connectivity index (χ0) is 15.6. The van der Waals surface area contributed by atoms with Crippen molar-refractivity contribution < 1.29 is 19.1 Å². The van der Waals surface area contributed by atoms with Gasteiger partial charge in [0.25, 0.3) is 0 Å². The average molecular weight is 304 g/mol. The summed E-state index contributed by atoms with van der Waals surface area (Å²) in [6.45, 7) is 0.395. The summed E-state index contributed by atoms with van der Waals surface area (Å²) >= 11 is 0. The van der Waals surface area contributed by atoms with Crippen LogP contribution in [0.2, 0.25) is 0 Å². The van der Waals surface area contributed by atoms with Gasteiger partial charge in [0, 0.05) is 0 Å². The first-order valence-electron chi connectivity index (χ1n) is 8.13. The van der Waals surface area contributed by atoms with Crippen LogP contribution in [0.25, 0.3) is 0 Å². The molecule has 1 fully saturated rings. The molecule has 1 saturated carbocycles. The van der Waals surface area contributed by atoms with Crippen molar-refractivity contribution in [3.63, 3.8) is 0 Å². The van der Waals surface area contributed by atoms with Gasteiger partial charge < -0.3 is 9.47 Å². The van der Waals surface area contributed by atoms with Gasteiger partial charge in [-0.1, -0.05) is 62.4 Å². The van der Waals surface area contributed by atoms with Gasteiger partial charge in [0.15, 0.2) is 0 Å². The summed E-state index contributed by atoms with van der Waals surface area (Å²) in [4.78, 5) is 23.0. The first kappa shape index (κ1) is 16.5. The molecule has 0 saturated heterocycles. The van der Waals surface area contributed by atoms with Crippen LogP contribution in [0.3, 0.4) is 0 Å². The predicted octanol–water partition coefficient (Wildman–Crippen LogP) is 3.63. The van der Waals surface area contributed by atoms with E-state index in [1.807, 2.05) is 30.3 Å².